The van der Waals surface area contributed by atoms with E-state index in [2.05, 4.69) is 44.0 Å². The second-order valence-corrected chi connectivity index (χ2v) is 16.0. The highest BCUT2D eigenvalue weighted by Crippen LogP contribution is 2.38. The van der Waals surface area contributed by atoms with E-state index < -0.39 is 30.3 Å². The molecule has 0 bridgehead atoms. The minimum Gasteiger partial charge on any atom is -0.453 e. The van der Waals surface area contributed by atoms with E-state index in [1.165, 1.54) is 14.2 Å². The Kier molecular flexibility index (Phi) is 12.5. The summed E-state index contributed by atoms with van der Waals surface area (Å²) >= 11 is 12.9. The van der Waals surface area contributed by atoms with Crippen LogP contribution in [0.15, 0.2) is 109 Å². The molecule has 0 aliphatic carbocycles. The second kappa shape index (κ2) is 18.5. The molecule has 0 radical (unpaired) electrons. The molecule has 8 rings (SSSR count). The first kappa shape index (κ1) is 42.6. The number of benzene rings is 4. The van der Waals surface area contributed by atoms with Crippen LogP contribution in [0, 0.1) is 11.8 Å². The fourth-order valence-electron chi connectivity index (χ4n) is 8.03. The molecule has 63 heavy (non-hydrogen) atoms. The molecular weight excluding hydrogens is 843 g/mol. The number of carbonyl (C=O) groups is 4. The number of ether oxygens (including phenoxy) is 2. The summed E-state index contributed by atoms with van der Waals surface area (Å²) < 4.78 is 9.64. The number of methoxy groups -OCH3 is 2. The fourth-order valence-corrected chi connectivity index (χ4v) is 8.52. The van der Waals surface area contributed by atoms with E-state index in [1.807, 2.05) is 42.5 Å². The molecule has 320 valence electrons. The largest absolute Gasteiger partial charge is 0.453 e. The molecule has 4 N–H and O–H groups in total. The molecule has 0 unspecified atom stereocenters. The number of likely N-dealkylation sites (tertiary alicyclic amines) is 2. The molecule has 4 amide bonds. The first-order chi connectivity index (χ1) is 30.5. The molecule has 2 aromatic heterocycles. The van der Waals surface area contributed by atoms with Crippen LogP contribution in [0.25, 0.3) is 22.3 Å². The molecule has 4 atom stereocenters. The van der Waals surface area contributed by atoms with Crippen molar-refractivity contribution in [3.63, 3.8) is 0 Å². The smallest absolute Gasteiger partial charge is 0.407 e. The van der Waals surface area contributed by atoms with Crippen LogP contribution in [0.4, 0.5) is 9.59 Å². The number of rotatable bonds is 9. The number of fused-ring (bicyclic) bond motifs is 1. The number of hydrogen-bond donors (Lipinski definition) is 4. The standard InChI is InChI=1S/C47H42Cl2N8O6/c1-27-23-39(57(26-27)45(59)41(55-47(61)63-3)32-10-5-7-12-34(32)49)42-50-25-37(53-42)30-19-16-28(17-20-30)14-15-29-18-21-35-36(24-29)52-43(51-35)38-13-8-22-56(38)44(58)40(54-46(60)62-2)31-9-4-6-11-33(31)48/h4-7,9-12,16-21,24-25,38-41H,1,8,13,22-23,26H2,2-3H3,(H,50,53)(H,51,52)(H,54,60)(H,55,61)/t38-,39-,40+,41+/m0/s1. The van der Waals surface area contributed by atoms with Crippen molar-refractivity contribution in [2.75, 3.05) is 27.3 Å². The lowest BCUT2D eigenvalue weighted by Crippen LogP contribution is -2.43. The Morgan fingerprint density at radius 1 is 0.778 bits per heavy atom. The average molecular weight is 886 g/mol. The number of alkyl carbamates (subject to hydrolysis) is 2. The van der Waals surface area contributed by atoms with Crippen molar-refractivity contribution in [3.8, 4) is 23.1 Å². The van der Waals surface area contributed by atoms with Gasteiger partial charge in [-0.1, -0.05) is 95.7 Å². The summed E-state index contributed by atoms with van der Waals surface area (Å²) in [5.41, 5.74) is 6.49. The Labute approximate surface area is 373 Å². The van der Waals surface area contributed by atoms with Crippen LogP contribution in [0.3, 0.4) is 0 Å². The molecule has 2 aliphatic rings. The Morgan fingerprint density at radius 3 is 2.02 bits per heavy atom. The lowest BCUT2D eigenvalue weighted by molar-refractivity contribution is -0.135. The van der Waals surface area contributed by atoms with E-state index in [0.29, 0.717) is 52.2 Å². The number of nitrogens with zero attached hydrogens (tertiary/aromatic N) is 4. The first-order valence-electron chi connectivity index (χ1n) is 20.1. The van der Waals surface area contributed by atoms with Gasteiger partial charge in [0.1, 0.15) is 23.7 Å². The van der Waals surface area contributed by atoms with Crippen LogP contribution in [-0.4, -0.2) is 81.0 Å². The van der Waals surface area contributed by atoms with Crippen LogP contribution in [0.5, 0.6) is 0 Å². The van der Waals surface area contributed by atoms with Crippen molar-refractivity contribution < 1.29 is 28.7 Å². The molecule has 2 aliphatic heterocycles. The van der Waals surface area contributed by atoms with Gasteiger partial charge in [0.15, 0.2) is 0 Å². The van der Waals surface area contributed by atoms with E-state index >= 15 is 0 Å². The van der Waals surface area contributed by atoms with Gasteiger partial charge in [0, 0.05) is 45.4 Å². The van der Waals surface area contributed by atoms with Gasteiger partial charge in [-0.2, -0.15) is 0 Å². The van der Waals surface area contributed by atoms with Crippen LogP contribution in [-0.2, 0) is 19.1 Å². The molecule has 2 fully saturated rings. The maximum Gasteiger partial charge on any atom is 0.407 e. The van der Waals surface area contributed by atoms with Crippen molar-refractivity contribution in [2.45, 2.75) is 43.4 Å². The number of aromatic nitrogens is 4. The van der Waals surface area contributed by atoms with E-state index in [9.17, 15) is 19.2 Å². The van der Waals surface area contributed by atoms with Crippen molar-refractivity contribution in [1.29, 1.82) is 0 Å². The molecule has 14 nitrogen and oxygen atoms in total. The number of imidazole rings is 2. The Balaban J connectivity index is 0.957. The van der Waals surface area contributed by atoms with Gasteiger partial charge >= 0.3 is 12.2 Å². The van der Waals surface area contributed by atoms with Crippen LogP contribution in [0.2, 0.25) is 10.0 Å². The van der Waals surface area contributed by atoms with E-state index in [4.69, 9.17) is 37.7 Å². The van der Waals surface area contributed by atoms with Gasteiger partial charge in [0.2, 0.25) is 0 Å². The Bertz CT molecular complexity index is 2790. The third kappa shape index (κ3) is 9.11. The summed E-state index contributed by atoms with van der Waals surface area (Å²) in [4.78, 5) is 72.4. The minimum absolute atomic E-state index is 0.286. The normalized spacial score (nSPS) is 16.9. The quantitative estimate of drug-likeness (QED) is 0.0828. The summed E-state index contributed by atoms with van der Waals surface area (Å²) in [5, 5.41) is 6.00. The first-order valence-corrected chi connectivity index (χ1v) is 20.9. The molecule has 16 heteroatoms. The third-order valence-electron chi connectivity index (χ3n) is 11.2. The Morgan fingerprint density at radius 2 is 1.38 bits per heavy atom. The molecular formula is C47H42Cl2N8O6. The number of carbonyl (C=O) groups excluding carboxylic acids is 4. The topological polar surface area (TPSA) is 175 Å². The summed E-state index contributed by atoms with van der Waals surface area (Å²) in [7, 11) is 2.48. The van der Waals surface area contributed by atoms with E-state index in [-0.39, 0.29) is 24.4 Å². The lowest BCUT2D eigenvalue weighted by Gasteiger charge is -2.28. The number of halogens is 2. The zero-order valence-corrected chi connectivity index (χ0v) is 35.8. The van der Waals surface area contributed by atoms with Gasteiger partial charge < -0.3 is 39.9 Å². The van der Waals surface area contributed by atoms with E-state index in [1.54, 1.807) is 64.5 Å². The van der Waals surface area contributed by atoms with E-state index in [0.717, 1.165) is 45.4 Å². The van der Waals surface area contributed by atoms with Gasteiger partial charge in [0.05, 0.1) is 49.2 Å². The maximum absolute atomic E-state index is 14.1. The number of aromatic amines is 2. The van der Waals surface area contributed by atoms with Gasteiger partial charge in [-0.25, -0.2) is 19.6 Å². The van der Waals surface area contributed by atoms with Gasteiger partial charge in [-0.3, -0.25) is 9.59 Å². The Hall–Kier alpha value is -7.08. The molecule has 4 aromatic carbocycles. The zero-order valence-electron chi connectivity index (χ0n) is 34.3. The number of H-pyrrole nitrogens is 2. The molecule has 4 heterocycles. The van der Waals surface area contributed by atoms with Gasteiger partial charge in [-0.15, -0.1) is 0 Å². The zero-order chi connectivity index (χ0) is 44.2. The number of amides is 4. The fraction of sp³-hybridized carbons (Fsp3) is 0.234. The third-order valence-corrected chi connectivity index (χ3v) is 11.9. The summed E-state index contributed by atoms with van der Waals surface area (Å²) in [6.07, 6.45) is 2.17. The summed E-state index contributed by atoms with van der Waals surface area (Å²) in [5.74, 6) is 7.03. The monoisotopic (exact) mass is 884 g/mol. The van der Waals surface area contributed by atoms with Crippen molar-refractivity contribution in [1.82, 2.24) is 40.4 Å². The SMILES string of the molecule is C=C1C[C@@H](c2ncc(-c3ccc(C#Cc4ccc5nc([C@@H]6CCCN6C(=O)[C@H](NC(=O)OC)c6ccccc6Cl)[nH]c5c4)cc3)[nH]2)N(C(=O)[C@H](NC(=O)OC)c2ccccc2Cl)C1. The second-order valence-electron chi connectivity index (χ2n) is 15.2. The minimum atomic E-state index is -1.08. The molecule has 0 saturated carbocycles. The summed E-state index contributed by atoms with van der Waals surface area (Å²) in [6.45, 7) is 4.92. The summed E-state index contributed by atoms with van der Waals surface area (Å²) in [6, 6.07) is 24.3. The number of nitrogens with one attached hydrogen (secondary N) is 4. The highest BCUT2D eigenvalue weighted by Gasteiger charge is 2.40. The predicted molar refractivity (Wildman–Crippen MR) is 237 cm³/mol. The highest BCUT2D eigenvalue weighted by atomic mass is 35.5. The number of hydrogen-bond acceptors (Lipinski definition) is 8. The van der Waals surface area contributed by atoms with Crippen molar-refractivity contribution in [2.24, 2.45) is 0 Å². The van der Waals surface area contributed by atoms with Crippen molar-refractivity contribution >= 4 is 58.2 Å². The van der Waals surface area contributed by atoms with Gasteiger partial charge in [-0.05, 0) is 67.3 Å². The van der Waals surface area contributed by atoms with Crippen LogP contribution < -0.4 is 10.6 Å². The van der Waals surface area contributed by atoms with Crippen LogP contribution >= 0.6 is 23.2 Å². The lowest BCUT2D eigenvalue weighted by atomic mass is 10.0. The van der Waals surface area contributed by atoms with Crippen LogP contribution in [0.1, 0.15) is 77.3 Å². The predicted octanol–water partition coefficient (Wildman–Crippen LogP) is 8.35. The molecule has 0 spiro atoms. The molecule has 2 saturated heterocycles. The highest BCUT2D eigenvalue weighted by molar-refractivity contribution is 6.32. The van der Waals surface area contributed by atoms with Crippen molar-refractivity contribution in [3.05, 3.63) is 153 Å². The maximum atomic E-state index is 14.1. The average Bonchev–Trinajstić information content (AvgIpc) is 4.13. The molecule has 6 aromatic rings. The van der Waals surface area contributed by atoms with Gasteiger partial charge in [0.25, 0.3) is 11.8 Å².